The first kappa shape index (κ1) is 18.0. The number of ether oxygens (including phenoxy) is 1. The molecular formula is C20H32N4O2. The number of nitrogens with zero attached hydrogens (tertiary/aromatic N) is 3. The SMILES string of the molecule is CC1CN(c2nc3c(c(=O)[nH]2)CCN(CC2CCCCC2)C3)CC(C)O1. The molecule has 2 unspecified atom stereocenters. The zero-order valence-electron chi connectivity index (χ0n) is 16.2. The average molecular weight is 361 g/mol. The summed E-state index contributed by atoms with van der Waals surface area (Å²) in [6, 6.07) is 0. The quantitative estimate of drug-likeness (QED) is 0.896. The van der Waals surface area contributed by atoms with Crippen LogP contribution in [-0.4, -0.2) is 53.3 Å². The van der Waals surface area contributed by atoms with E-state index in [1.165, 1.54) is 32.1 Å². The summed E-state index contributed by atoms with van der Waals surface area (Å²) in [6.45, 7) is 8.66. The Balaban J connectivity index is 1.50. The monoisotopic (exact) mass is 360 g/mol. The molecule has 3 heterocycles. The maximum Gasteiger partial charge on any atom is 0.255 e. The van der Waals surface area contributed by atoms with Crippen LogP contribution in [0.4, 0.5) is 5.95 Å². The largest absolute Gasteiger partial charge is 0.372 e. The molecule has 6 heteroatoms. The molecule has 0 amide bonds. The summed E-state index contributed by atoms with van der Waals surface area (Å²) in [4.78, 5) is 25.2. The number of aromatic amines is 1. The Bertz CT molecular complexity index is 673. The molecule has 2 fully saturated rings. The molecule has 1 saturated carbocycles. The van der Waals surface area contributed by atoms with Crippen molar-refractivity contribution in [3.8, 4) is 0 Å². The van der Waals surface area contributed by atoms with E-state index >= 15 is 0 Å². The Morgan fingerprint density at radius 1 is 1.15 bits per heavy atom. The number of nitrogens with one attached hydrogen (secondary N) is 1. The molecule has 2 aliphatic heterocycles. The van der Waals surface area contributed by atoms with E-state index in [4.69, 9.17) is 9.72 Å². The second kappa shape index (κ2) is 7.69. The number of rotatable bonds is 3. The molecule has 26 heavy (non-hydrogen) atoms. The average Bonchev–Trinajstić information content (AvgIpc) is 2.61. The fourth-order valence-corrected chi connectivity index (χ4v) is 4.87. The molecule has 2 atom stereocenters. The van der Waals surface area contributed by atoms with Gasteiger partial charge in [0.1, 0.15) is 0 Å². The molecule has 1 N–H and O–H groups in total. The van der Waals surface area contributed by atoms with Crippen LogP contribution in [0.2, 0.25) is 0 Å². The lowest BCUT2D eigenvalue weighted by Crippen LogP contribution is -2.47. The Kier molecular flexibility index (Phi) is 5.32. The molecule has 3 aliphatic rings. The van der Waals surface area contributed by atoms with Gasteiger partial charge in [-0.2, -0.15) is 0 Å². The zero-order valence-corrected chi connectivity index (χ0v) is 16.2. The van der Waals surface area contributed by atoms with E-state index in [2.05, 4.69) is 28.6 Å². The third-order valence-electron chi connectivity index (χ3n) is 6.10. The van der Waals surface area contributed by atoms with Gasteiger partial charge >= 0.3 is 0 Å². The molecule has 144 valence electrons. The molecule has 1 aromatic rings. The Hall–Kier alpha value is -1.40. The summed E-state index contributed by atoms with van der Waals surface area (Å²) in [6.07, 6.45) is 8.01. The van der Waals surface area contributed by atoms with E-state index in [1.54, 1.807) is 0 Å². The molecule has 0 bridgehead atoms. The van der Waals surface area contributed by atoms with Crippen molar-refractivity contribution in [2.45, 2.75) is 71.1 Å². The highest BCUT2D eigenvalue weighted by Gasteiger charge is 2.27. The van der Waals surface area contributed by atoms with E-state index in [1.807, 2.05) is 0 Å². The van der Waals surface area contributed by atoms with E-state index in [0.29, 0.717) is 0 Å². The maximum atomic E-state index is 12.6. The van der Waals surface area contributed by atoms with Crippen molar-refractivity contribution in [3.05, 3.63) is 21.6 Å². The Morgan fingerprint density at radius 3 is 2.62 bits per heavy atom. The van der Waals surface area contributed by atoms with E-state index in [9.17, 15) is 4.79 Å². The van der Waals surface area contributed by atoms with Crippen molar-refractivity contribution in [1.29, 1.82) is 0 Å². The summed E-state index contributed by atoms with van der Waals surface area (Å²) in [5.74, 6) is 1.54. The summed E-state index contributed by atoms with van der Waals surface area (Å²) >= 11 is 0. The number of morpholine rings is 1. The van der Waals surface area contributed by atoms with Crippen LogP contribution < -0.4 is 10.5 Å². The van der Waals surface area contributed by atoms with Gasteiger partial charge in [-0.25, -0.2) is 4.98 Å². The predicted octanol–water partition coefficient (Wildman–Crippen LogP) is 2.32. The highest BCUT2D eigenvalue weighted by molar-refractivity contribution is 5.35. The standard InChI is InChI=1S/C20H32N4O2/c1-14-10-24(11-15(2)26-14)20-21-18-13-23(9-8-17(18)19(25)22-20)12-16-6-4-3-5-7-16/h14-16H,3-13H2,1-2H3,(H,21,22,25). The first-order chi connectivity index (χ1) is 12.6. The van der Waals surface area contributed by atoms with Crippen molar-refractivity contribution in [3.63, 3.8) is 0 Å². The predicted molar refractivity (Wildman–Crippen MR) is 103 cm³/mol. The van der Waals surface area contributed by atoms with Gasteiger partial charge in [0.05, 0.1) is 17.9 Å². The number of H-pyrrole nitrogens is 1. The maximum absolute atomic E-state index is 12.6. The molecule has 1 saturated heterocycles. The van der Waals surface area contributed by atoms with Gasteiger partial charge in [0, 0.05) is 38.3 Å². The van der Waals surface area contributed by atoms with Crippen LogP contribution in [0.15, 0.2) is 4.79 Å². The van der Waals surface area contributed by atoms with Crippen LogP contribution in [0, 0.1) is 5.92 Å². The molecule has 0 radical (unpaired) electrons. The van der Waals surface area contributed by atoms with E-state index in [0.717, 1.165) is 62.3 Å². The van der Waals surface area contributed by atoms with Gasteiger partial charge in [-0.05, 0) is 39.0 Å². The van der Waals surface area contributed by atoms with Crippen molar-refractivity contribution in [2.75, 3.05) is 31.1 Å². The number of hydrogen-bond donors (Lipinski definition) is 1. The molecule has 4 rings (SSSR count). The third-order valence-corrected chi connectivity index (χ3v) is 6.10. The molecular weight excluding hydrogens is 328 g/mol. The first-order valence-corrected chi connectivity index (χ1v) is 10.3. The lowest BCUT2D eigenvalue weighted by Gasteiger charge is -2.36. The molecule has 6 nitrogen and oxygen atoms in total. The highest BCUT2D eigenvalue weighted by atomic mass is 16.5. The fourth-order valence-electron chi connectivity index (χ4n) is 4.87. The first-order valence-electron chi connectivity index (χ1n) is 10.3. The van der Waals surface area contributed by atoms with Crippen molar-refractivity contribution < 1.29 is 4.74 Å². The number of hydrogen-bond acceptors (Lipinski definition) is 5. The smallest absolute Gasteiger partial charge is 0.255 e. The van der Waals surface area contributed by atoms with E-state index < -0.39 is 0 Å². The second-order valence-corrected chi connectivity index (χ2v) is 8.47. The Morgan fingerprint density at radius 2 is 1.88 bits per heavy atom. The summed E-state index contributed by atoms with van der Waals surface area (Å²) < 4.78 is 5.81. The molecule has 0 spiro atoms. The van der Waals surface area contributed by atoms with Crippen LogP contribution in [0.3, 0.4) is 0 Å². The van der Waals surface area contributed by atoms with Gasteiger partial charge in [-0.1, -0.05) is 19.3 Å². The van der Waals surface area contributed by atoms with Crippen LogP contribution in [-0.2, 0) is 17.7 Å². The number of fused-ring (bicyclic) bond motifs is 1. The molecule has 1 aliphatic carbocycles. The van der Waals surface area contributed by atoms with Crippen LogP contribution in [0.1, 0.15) is 57.2 Å². The highest BCUT2D eigenvalue weighted by Crippen LogP contribution is 2.26. The third kappa shape index (κ3) is 3.96. The second-order valence-electron chi connectivity index (χ2n) is 8.47. The minimum Gasteiger partial charge on any atom is -0.372 e. The van der Waals surface area contributed by atoms with Gasteiger partial charge in [0.15, 0.2) is 0 Å². The summed E-state index contributed by atoms with van der Waals surface area (Å²) in [5, 5.41) is 0. The minimum atomic E-state index is 0.0501. The van der Waals surface area contributed by atoms with Gasteiger partial charge < -0.3 is 9.64 Å². The van der Waals surface area contributed by atoms with Crippen molar-refractivity contribution in [1.82, 2.24) is 14.9 Å². The van der Waals surface area contributed by atoms with Gasteiger partial charge in [0.2, 0.25) is 5.95 Å². The van der Waals surface area contributed by atoms with Gasteiger partial charge in [-0.3, -0.25) is 14.7 Å². The van der Waals surface area contributed by atoms with Crippen LogP contribution >= 0.6 is 0 Å². The number of anilines is 1. The zero-order chi connectivity index (χ0) is 18.1. The van der Waals surface area contributed by atoms with Gasteiger partial charge in [0.25, 0.3) is 5.56 Å². The van der Waals surface area contributed by atoms with Crippen LogP contribution in [0.25, 0.3) is 0 Å². The van der Waals surface area contributed by atoms with Crippen LogP contribution in [0.5, 0.6) is 0 Å². The fraction of sp³-hybridized carbons (Fsp3) is 0.800. The summed E-state index contributed by atoms with van der Waals surface area (Å²) in [5.41, 5.74) is 1.93. The van der Waals surface area contributed by atoms with Gasteiger partial charge in [-0.15, -0.1) is 0 Å². The molecule has 0 aromatic carbocycles. The lowest BCUT2D eigenvalue weighted by molar-refractivity contribution is -0.00576. The normalized spacial score (nSPS) is 28.2. The minimum absolute atomic E-state index is 0.0501. The summed E-state index contributed by atoms with van der Waals surface area (Å²) in [7, 11) is 0. The lowest BCUT2D eigenvalue weighted by atomic mass is 9.88. The van der Waals surface area contributed by atoms with E-state index in [-0.39, 0.29) is 17.8 Å². The number of aromatic nitrogens is 2. The molecule has 1 aromatic heterocycles. The van der Waals surface area contributed by atoms with Crippen molar-refractivity contribution in [2.24, 2.45) is 5.92 Å². The van der Waals surface area contributed by atoms with Crippen molar-refractivity contribution >= 4 is 5.95 Å². The Labute approximate surface area is 155 Å². The topological polar surface area (TPSA) is 61.5 Å².